The van der Waals surface area contributed by atoms with Crippen LogP contribution in [0.15, 0.2) is 40.2 Å². The van der Waals surface area contributed by atoms with Gasteiger partial charge in [0.05, 0.1) is 9.40 Å². The Hall–Kier alpha value is -1.24. The highest BCUT2D eigenvalue weighted by molar-refractivity contribution is 9.10. The summed E-state index contributed by atoms with van der Waals surface area (Å²) in [5.74, 6) is 0. The van der Waals surface area contributed by atoms with Gasteiger partial charge in [-0.15, -0.1) is 11.3 Å². The molecule has 2 aromatic rings. The van der Waals surface area contributed by atoms with Crippen LogP contribution in [0, 0.1) is 10.1 Å². The summed E-state index contributed by atoms with van der Waals surface area (Å²) in [4.78, 5) is 14.2. The summed E-state index contributed by atoms with van der Waals surface area (Å²) in [5.41, 5.74) is 1.07. The zero-order chi connectivity index (χ0) is 15.4. The first-order valence-corrected chi connectivity index (χ1v) is 8.30. The molecule has 0 saturated carbocycles. The Morgan fingerprint density at radius 1 is 1.43 bits per heavy atom. The normalized spacial score (nSPS) is 12.6. The number of benzene rings is 1. The van der Waals surface area contributed by atoms with Gasteiger partial charge >= 0.3 is 0 Å². The lowest BCUT2D eigenvalue weighted by Gasteiger charge is -2.24. The van der Waals surface area contributed by atoms with E-state index in [0.29, 0.717) is 17.1 Å². The Morgan fingerprint density at radius 2 is 2.19 bits per heavy atom. The molecule has 1 atom stereocenters. The van der Waals surface area contributed by atoms with Crippen LogP contribution in [0.1, 0.15) is 17.4 Å². The molecule has 0 aliphatic heterocycles. The fourth-order valence-electron chi connectivity index (χ4n) is 2.12. The van der Waals surface area contributed by atoms with Crippen LogP contribution in [-0.2, 0) is 13.0 Å². The largest absolute Gasteiger partial charge is 0.299 e. The van der Waals surface area contributed by atoms with Crippen LogP contribution in [0.5, 0.6) is 0 Å². The van der Waals surface area contributed by atoms with Crippen LogP contribution in [0.3, 0.4) is 0 Å². The highest BCUT2D eigenvalue weighted by Gasteiger charge is 2.15. The summed E-state index contributed by atoms with van der Waals surface area (Å²) in [7, 11) is 2.05. The Morgan fingerprint density at radius 3 is 2.81 bits per heavy atom. The number of nitrogens with zero attached hydrogens (tertiary/aromatic N) is 2. The van der Waals surface area contributed by atoms with Crippen molar-refractivity contribution in [1.82, 2.24) is 4.90 Å². The van der Waals surface area contributed by atoms with E-state index in [0.717, 1.165) is 12.0 Å². The fourth-order valence-corrected chi connectivity index (χ4v) is 3.33. The zero-order valence-corrected chi connectivity index (χ0v) is 14.4. The molecule has 0 amide bonds. The van der Waals surface area contributed by atoms with Gasteiger partial charge in [-0.3, -0.25) is 15.0 Å². The smallest absolute Gasteiger partial charge is 0.283 e. The standard InChI is InChI=1S/C15H17BrN2O2S/c1-11(8-13-4-3-7-21-13)17(2)10-12-5-6-14(16)15(9-12)18(19)20/h3-7,9,11H,8,10H2,1-2H3. The molecule has 4 nitrogen and oxygen atoms in total. The number of rotatable bonds is 6. The number of thiophene rings is 1. The Kier molecular flexibility index (Phi) is 5.50. The SMILES string of the molecule is CC(Cc1cccs1)N(C)Cc1ccc(Br)c([N+](=O)[O-])c1. The number of hydrogen-bond donors (Lipinski definition) is 0. The minimum Gasteiger partial charge on any atom is -0.299 e. The second-order valence-electron chi connectivity index (χ2n) is 5.09. The topological polar surface area (TPSA) is 46.4 Å². The van der Waals surface area contributed by atoms with E-state index in [1.54, 1.807) is 23.5 Å². The molecular weight excluding hydrogens is 352 g/mol. The van der Waals surface area contributed by atoms with Crippen molar-refractivity contribution in [1.29, 1.82) is 0 Å². The first kappa shape index (κ1) is 16.1. The summed E-state index contributed by atoms with van der Waals surface area (Å²) in [5, 5.41) is 13.1. The van der Waals surface area contributed by atoms with E-state index >= 15 is 0 Å². The molecule has 1 heterocycles. The van der Waals surface area contributed by atoms with Crippen LogP contribution < -0.4 is 0 Å². The zero-order valence-electron chi connectivity index (χ0n) is 12.0. The van der Waals surface area contributed by atoms with Gasteiger partial charge in [-0.1, -0.05) is 12.1 Å². The number of hydrogen-bond acceptors (Lipinski definition) is 4. The summed E-state index contributed by atoms with van der Waals surface area (Å²) < 4.78 is 0.519. The predicted molar refractivity (Wildman–Crippen MR) is 89.7 cm³/mol. The fraction of sp³-hybridized carbons (Fsp3) is 0.333. The first-order chi connectivity index (χ1) is 9.97. The molecule has 0 aliphatic rings. The number of nitro groups is 1. The summed E-state index contributed by atoms with van der Waals surface area (Å²) in [6.45, 7) is 2.87. The quantitative estimate of drug-likeness (QED) is 0.557. The molecule has 112 valence electrons. The van der Waals surface area contributed by atoms with E-state index in [1.165, 1.54) is 4.88 Å². The van der Waals surface area contributed by atoms with Crippen molar-refractivity contribution in [3.63, 3.8) is 0 Å². The molecule has 1 aromatic carbocycles. The Balaban J connectivity index is 2.03. The van der Waals surface area contributed by atoms with E-state index in [2.05, 4.69) is 45.3 Å². The third-order valence-electron chi connectivity index (χ3n) is 3.47. The lowest BCUT2D eigenvalue weighted by atomic mass is 10.1. The molecule has 1 unspecified atom stereocenters. The summed E-state index contributed by atoms with van der Waals surface area (Å²) in [6.07, 6.45) is 0.993. The highest BCUT2D eigenvalue weighted by Crippen LogP contribution is 2.26. The average molecular weight is 369 g/mol. The van der Waals surface area contributed by atoms with Crippen molar-refractivity contribution in [3.8, 4) is 0 Å². The highest BCUT2D eigenvalue weighted by atomic mass is 79.9. The maximum absolute atomic E-state index is 11.0. The molecule has 0 N–H and O–H groups in total. The van der Waals surface area contributed by atoms with Gasteiger partial charge in [-0.05, 0) is 59.4 Å². The van der Waals surface area contributed by atoms with Crippen LogP contribution in [0.25, 0.3) is 0 Å². The monoisotopic (exact) mass is 368 g/mol. The molecule has 0 aliphatic carbocycles. The molecule has 1 aromatic heterocycles. The molecule has 2 rings (SSSR count). The van der Waals surface area contributed by atoms with E-state index in [-0.39, 0.29) is 10.6 Å². The molecular formula is C15H17BrN2O2S. The number of nitro benzene ring substituents is 1. The lowest BCUT2D eigenvalue weighted by molar-refractivity contribution is -0.385. The van der Waals surface area contributed by atoms with E-state index in [9.17, 15) is 10.1 Å². The molecule has 6 heteroatoms. The molecule has 0 spiro atoms. The van der Waals surface area contributed by atoms with Gasteiger partial charge in [0, 0.05) is 23.5 Å². The third-order valence-corrected chi connectivity index (χ3v) is 5.04. The molecule has 21 heavy (non-hydrogen) atoms. The van der Waals surface area contributed by atoms with Gasteiger partial charge in [0.2, 0.25) is 0 Å². The van der Waals surface area contributed by atoms with Gasteiger partial charge in [0.25, 0.3) is 5.69 Å². The second-order valence-corrected chi connectivity index (χ2v) is 6.98. The first-order valence-electron chi connectivity index (χ1n) is 6.63. The Labute approximate surface area is 136 Å². The molecule has 0 radical (unpaired) electrons. The van der Waals surface area contributed by atoms with Gasteiger partial charge < -0.3 is 0 Å². The molecule has 0 fully saturated rings. The lowest BCUT2D eigenvalue weighted by Crippen LogP contribution is -2.30. The maximum Gasteiger partial charge on any atom is 0.283 e. The van der Waals surface area contributed by atoms with Gasteiger partial charge in [-0.2, -0.15) is 0 Å². The summed E-state index contributed by atoms with van der Waals surface area (Å²) in [6, 6.07) is 9.88. The van der Waals surface area contributed by atoms with Gasteiger partial charge in [0.15, 0.2) is 0 Å². The predicted octanol–water partition coefficient (Wildman–Crippen LogP) is 4.48. The van der Waals surface area contributed by atoms with E-state index in [1.807, 2.05) is 13.1 Å². The van der Waals surface area contributed by atoms with E-state index in [4.69, 9.17) is 0 Å². The van der Waals surface area contributed by atoms with Crippen molar-refractivity contribution < 1.29 is 4.92 Å². The van der Waals surface area contributed by atoms with Crippen molar-refractivity contribution in [2.24, 2.45) is 0 Å². The third kappa shape index (κ3) is 4.36. The van der Waals surface area contributed by atoms with Crippen molar-refractivity contribution in [2.45, 2.75) is 25.9 Å². The van der Waals surface area contributed by atoms with Gasteiger partial charge in [-0.25, -0.2) is 0 Å². The minimum atomic E-state index is -0.358. The van der Waals surface area contributed by atoms with Crippen molar-refractivity contribution in [2.75, 3.05) is 7.05 Å². The minimum absolute atomic E-state index is 0.117. The number of likely N-dealkylation sites (N-methyl/N-ethyl adjacent to an activating group) is 1. The number of halogens is 1. The van der Waals surface area contributed by atoms with Crippen molar-refractivity contribution >= 4 is 33.0 Å². The van der Waals surface area contributed by atoms with Crippen LogP contribution in [0.4, 0.5) is 5.69 Å². The average Bonchev–Trinajstić information content (AvgIpc) is 2.93. The van der Waals surface area contributed by atoms with Crippen molar-refractivity contribution in [3.05, 3.63) is 60.7 Å². The maximum atomic E-state index is 11.0. The van der Waals surface area contributed by atoms with Gasteiger partial charge in [0.1, 0.15) is 0 Å². The molecule has 0 saturated heterocycles. The molecule has 0 bridgehead atoms. The van der Waals surface area contributed by atoms with E-state index < -0.39 is 0 Å². The van der Waals surface area contributed by atoms with Crippen LogP contribution >= 0.6 is 27.3 Å². The Bertz CT molecular complexity index is 616. The van der Waals surface area contributed by atoms with Crippen LogP contribution in [0.2, 0.25) is 0 Å². The van der Waals surface area contributed by atoms with Crippen LogP contribution in [-0.4, -0.2) is 22.9 Å². The summed E-state index contributed by atoms with van der Waals surface area (Å²) >= 11 is 4.97. The second kappa shape index (κ2) is 7.15.